The minimum atomic E-state index is -0.617. The van der Waals surface area contributed by atoms with E-state index in [9.17, 15) is 14.4 Å². The van der Waals surface area contributed by atoms with Gasteiger partial charge >= 0.3 is 5.97 Å². The number of aryl methyl sites for hydroxylation is 1. The monoisotopic (exact) mass is 527 g/mol. The first-order chi connectivity index (χ1) is 18.9. The maximum Gasteiger partial charge on any atom is 0.329 e. The van der Waals surface area contributed by atoms with Crippen molar-refractivity contribution in [2.75, 3.05) is 13.2 Å². The smallest absolute Gasteiger partial charge is 0.329 e. The van der Waals surface area contributed by atoms with Crippen LogP contribution < -0.4 is 4.74 Å². The number of carbonyl (C=O) groups is 3. The van der Waals surface area contributed by atoms with Gasteiger partial charge in [0.15, 0.2) is 5.78 Å². The third-order valence-corrected chi connectivity index (χ3v) is 7.20. The second-order valence-corrected chi connectivity index (χ2v) is 10.2. The summed E-state index contributed by atoms with van der Waals surface area (Å²) in [5, 5.41) is 0. The van der Waals surface area contributed by atoms with Crippen molar-refractivity contribution in [3.05, 3.63) is 102 Å². The highest BCUT2D eigenvalue weighted by molar-refractivity contribution is 5.88. The molecule has 3 unspecified atom stereocenters. The van der Waals surface area contributed by atoms with Gasteiger partial charge in [-0.2, -0.15) is 0 Å². The van der Waals surface area contributed by atoms with Crippen LogP contribution in [-0.2, 0) is 25.5 Å². The number of rotatable bonds is 11. The molecule has 0 saturated carbocycles. The minimum absolute atomic E-state index is 0.0172. The molecular weight excluding hydrogens is 490 g/mol. The number of Topliss-reactive ketones (excluding diaryl/α,β-unsaturated/α-hetero) is 1. The van der Waals surface area contributed by atoms with Crippen LogP contribution in [0.15, 0.2) is 84.9 Å². The number of esters is 1. The quantitative estimate of drug-likeness (QED) is 0.284. The Morgan fingerprint density at radius 2 is 1.59 bits per heavy atom. The molecular formula is C33H37NO5. The molecule has 1 aliphatic heterocycles. The summed E-state index contributed by atoms with van der Waals surface area (Å²) in [5.41, 5.74) is 2.88. The van der Waals surface area contributed by atoms with Crippen LogP contribution >= 0.6 is 0 Å². The van der Waals surface area contributed by atoms with Gasteiger partial charge in [-0.05, 0) is 74.8 Å². The van der Waals surface area contributed by atoms with Gasteiger partial charge in [0.25, 0.3) is 0 Å². The molecule has 204 valence electrons. The Bertz CT molecular complexity index is 1240. The molecule has 39 heavy (non-hydrogen) atoms. The van der Waals surface area contributed by atoms with Gasteiger partial charge in [-0.25, -0.2) is 4.79 Å². The summed E-state index contributed by atoms with van der Waals surface area (Å²) in [6, 6.07) is 26.5. The highest BCUT2D eigenvalue weighted by atomic mass is 16.5. The molecule has 3 atom stereocenters. The van der Waals surface area contributed by atoms with Crippen LogP contribution in [0.3, 0.4) is 0 Å². The average Bonchev–Trinajstić information content (AvgIpc) is 2.98. The first kappa shape index (κ1) is 28.1. The molecule has 1 aliphatic rings. The fourth-order valence-electron chi connectivity index (χ4n) is 5.02. The fraction of sp³-hybridized carbons (Fsp3) is 0.364. The van der Waals surface area contributed by atoms with Crippen LogP contribution in [0, 0.1) is 0 Å². The van der Waals surface area contributed by atoms with Crippen molar-refractivity contribution in [3.63, 3.8) is 0 Å². The number of hydrogen-bond acceptors (Lipinski definition) is 5. The highest BCUT2D eigenvalue weighted by Crippen LogP contribution is 2.30. The third kappa shape index (κ3) is 7.79. The number of carbonyl (C=O) groups excluding carboxylic acids is 3. The number of ketones is 1. The standard InChI is InChI=1S/C33H37NO5/c1-24(35)23-38-29-17-11-16-28(22-29)31(20-19-26-12-5-3-6-13-26)39-33(37)30-18-9-10-21-34(30)32(36)25(2)27-14-7-4-8-15-27/h3-8,11-17,22,25,30-31H,9-10,18-21,23H2,1-2H3. The Morgan fingerprint density at radius 1 is 0.897 bits per heavy atom. The van der Waals surface area contributed by atoms with Gasteiger partial charge in [-0.3, -0.25) is 9.59 Å². The topological polar surface area (TPSA) is 72.9 Å². The van der Waals surface area contributed by atoms with Crippen molar-refractivity contribution in [3.8, 4) is 5.75 Å². The number of hydrogen-bond donors (Lipinski definition) is 0. The van der Waals surface area contributed by atoms with Gasteiger partial charge in [0.1, 0.15) is 24.5 Å². The Morgan fingerprint density at radius 3 is 2.31 bits per heavy atom. The van der Waals surface area contributed by atoms with E-state index in [0.717, 1.165) is 36.0 Å². The van der Waals surface area contributed by atoms with E-state index in [0.29, 0.717) is 25.1 Å². The molecule has 0 spiro atoms. The van der Waals surface area contributed by atoms with Crippen LogP contribution in [0.4, 0.5) is 0 Å². The number of amides is 1. The van der Waals surface area contributed by atoms with Gasteiger partial charge in [0.05, 0.1) is 5.92 Å². The van der Waals surface area contributed by atoms with Crippen LogP contribution in [0.5, 0.6) is 5.75 Å². The summed E-state index contributed by atoms with van der Waals surface area (Å²) in [4.78, 5) is 40.3. The summed E-state index contributed by atoms with van der Waals surface area (Å²) in [7, 11) is 0. The summed E-state index contributed by atoms with van der Waals surface area (Å²) in [5.74, 6) is -0.294. The first-order valence-corrected chi connectivity index (χ1v) is 13.7. The van der Waals surface area contributed by atoms with Crippen LogP contribution in [0.25, 0.3) is 0 Å². The normalized spacial score (nSPS) is 16.7. The van der Waals surface area contributed by atoms with Crippen LogP contribution in [0.1, 0.15) is 68.2 Å². The first-order valence-electron chi connectivity index (χ1n) is 13.7. The Kier molecular flexibility index (Phi) is 9.90. The van der Waals surface area contributed by atoms with Crippen molar-refractivity contribution in [1.29, 1.82) is 0 Å². The maximum absolute atomic E-state index is 13.7. The zero-order chi connectivity index (χ0) is 27.6. The van der Waals surface area contributed by atoms with E-state index < -0.39 is 12.1 Å². The predicted molar refractivity (Wildman–Crippen MR) is 150 cm³/mol. The summed E-state index contributed by atoms with van der Waals surface area (Å²) >= 11 is 0. The third-order valence-electron chi connectivity index (χ3n) is 7.20. The predicted octanol–water partition coefficient (Wildman–Crippen LogP) is 6.06. The molecule has 0 radical (unpaired) electrons. The lowest BCUT2D eigenvalue weighted by Gasteiger charge is -2.36. The Labute approximate surface area is 230 Å². The lowest BCUT2D eigenvalue weighted by molar-refractivity contribution is -0.162. The molecule has 0 aromatic heterocycles. The van der Waals surface area contributed by atoms with Gasteiger partial charge in [0, 0.05) is 6.54 Å². The Hall–Kier alpha value is -3.93. The molecule has 3 aromatic rings. The lowest BCUT2D eigenvalue weighted by atomic mass is 9.95. The van der Waals surface area contributed by atoms with Gasteiger partial charge in [0.2, 0.25) is 5.91 Å². The maximum atomic E-state index is 13.7. The molecule has 1 saturated heterocycles. The Balaban J connectivity index is 1.53. The van der Waals surface area contributed by atoms with Gasteiger partial charge < -0.3 is 14.4 Å². The van der Waals surface area contributed by atoms with Crippen molar-refractivity contribution in [2.45, 2.75) is 64.0 Å². The molecule has 1 heterocycles. The zero-order valence-electron chi connectivity index (χ0n) is 22.8. The van der Waals surface area contributed by atoms with E-state index >= 15 is 0 Å². The second kappa shape index (κ2) is 13.7. The van der Waals surface area contributed by atoms with E-state index in [2.05, 4.69) is 12.1 Å². The van der Waals surface area contributed by atoms with Gasteiger partial charge in [-0.1, -0.05) is 72.8 Å². The molecule has 0 N–H and O–H groups in total. The number of ether oxygens (including phenoxy) is 2. The molecule has 0 bridgehead atoms. The van der Waals surface area contributed by atoms with Crippen molar-refractivity contribution >= 4 is 17.7 Å². The van der Waals surface area contributed by atoms with Gasteiger partial charge in [-0.15, -0.1) is 0 Å². The van der Waals surface area contributed by atoms with Crippen LogP contribution in [-0.4, -0.2) is 41.8 Å². The van der Waals surface area contributed by atoms with E-state index in [-0.39, 0.29) is 30.2 Å². The van der Waals surface area contributed by atoms with E-state index in [1.807, 2.05) is 73.7 Å². The molecule has 3 aromatic carbocycles. The van der Waals surface area contributed by atoms with Crippen LogP contribution in [0.2, 0.25) is 0 Å². The summed E-state index contributed by atoms with van der Waals surface area (Å²) in [6.07, 6.45) is 3.09. The number of likely N-dealkylation sites (tertiary alicyclic amines) is 1. The van der Waals surface area contributed by atoms with Crippen molar-refractivity contribution in [1.82, 2.24) is 4.90 Å². The fourth-order valence-corrected chi connectivity index (χ4v) is 5.02. The molecule has 1 fully saturated rings. The molecule has 4 rings (SSSR count). The SMILES string of the molecule is CC(=O)COc1cccc(C(CCc2ccccc2)OC(=O)C2CCCCN2C(=O)C(C)c2ccccc2)c1. The minimum Gasteiger partial charge on any atom is -0.486 e. The number of piperidine rings is 1. The molecule has 1 amide bonds. The van der Waals surface area contributed by atoms with Crippen molar-refractivity contribution in [2.24, 2.45) is 0 Å². The second-order valence-electron chi connectivity index (χ2n) is 10.2. The van der Waals surface area contributed by atoms with E-state index in [1.54, 1.807) is 11.0 Å². The summed E-state index contributed by atoms with van der Waals surface area (Å²) in [6.45, 7) is 3.89. The highest BCUT2D eigenvalue weighted by Gasteiger charge is 2.36. The van der Waals surface area contributed by atoms with E-state index in [4.69, 9.17) is 9.47 Å². The molecule has 6 heteroatoms. The molecule has 0 aliphatic carbocycles. The van der Waals surface area contributed by atoms with Crippen molar-refractivity contribution < 1.29 is 23.9 Å². The average molecular weight is 528 g/mol. The number of benzene rings is 3. The summed E-state index contributed by atoms with van der Waals surface area (Å²) < 4.78 is 11.8. The largest absolute Gasteiger partial charge is 0.486 e. The number of nitrogens with zero attached hydrogens (tertiary/aromatic N) is 1. The lowest BCUT2D eigenvalue weighted by Crippen LogP contribution is -2.50. The van der Waals surface area contributed by atoms with E-state index in [1.165, 1.54) is 6.92 Å². The zero-order valence-corrected chi connectivity index (χ0v) is 22.8. The molecule has 6 nitrogen and oxygen atoms in total.